The number of nitrogens with one attached hydrogen (secondary N) is 1. The fourth-order valence-electron chi connectivity index (χ4n) is 1.38. The average molecular weight is 352 g/mol. The number of nitrogens with zero attached hydrogens (tertiary/aromatic N) is 2. The van der Waals surface area contributed by atoms with Gasteiger partial charge in [-0.15, -0.1) is 11.3 Å². The van der Waals surface area contributed by atoms with Gasteiger partial charge >= 0.3 is 0 Å². The lowest BCUT2D eigenvalue weighted by atomic mass is 10.4. The molecule has 0 aliphatic carbocycles. The van der Waals surface area contributed by atoms with E-state index in [2.05, 4.69) is 35.3 Å². The van der Waals surface area contributed by atoms with Crippen molar-refractivity contribution in [3.05, 3.63) is 26.9 Å². The van der Waals surface area contributed by atoms with Gasteiger partial charge < -0.3 is 4.52 Å². The molecule has 0 saturated heterocycles. The molecule has 0 unspecified atom stereocenters. The zero-order chi connectivity index (χ0) is 13.2. The number of aromatic nitrogens is 2. The molecule has 0 spiro atoms. The molecule has 1 N–H and O–H groups in total. The smallest absolute Gasteiger partial charge is 0.241 e. The maximum Gasteiger partial charge on any atom is 0.241 e. The first-order valence-electron chi connectivity index (χ1n) is 5.00. The van der Waals surface area contributed by atoms with Crippen LogP contribution in [0.3, 0.4) is 0 Å². The molecular formula is C9H10BrN3O3S2. The van der Waals surface area contributed by atoms with Gasteiger partial charge in [0.1, 0.15) is 0 Å². The average Bonchev–Trinajstić information content (AvgIpc) is 2.88. The Kier molecular flexibility index (Phi) is 4.15. The van der Waals surface area contributed by atoms with Crippen molar-refractivity contribution in [3.8, 4) is 0 Å². The van der Waals surface area contributed by atoms with E-state index in [1.165, 1.54) is 17.7 Å². The third-order valence-corrected chi connectivity index (χ3v) is 5.45. The molecule has 2 heterocycles. The first-order valence-corrected chi connectivity index (χ1v) is 8.09. The third kappa shape index (κ3) is 3.16. The molecule has 0 bridgehead atoms. The third-order valence-electron chi connectivity index (χ3n) is 2.18. The van der Waals surface area contributed by atoms with Gasteiger partial charge in [-0.05, 0) is 28.9 Å². The van der Waals surface area contributed by atoms with Crippen molar-refractivity contribution in [1.29, 1.82) is 0 Å². The lowest BCUT2D eigenvalue weighted by Crippen LogP contribution is -2.26. The molecule has 0 saturated carbocycles. The summed E-state index contributed by atoms with van der Waals surface area (Å²) in [4.78, 5) is 4.86. The Labute approximate surface area is 117 Å². The van der Waals surface area contributed by atoms with Crippen LogP contribution in [-0.4, -0.2) is 25.1 Å². The van der Waals surface area contributed by atoms with E-state index in [9.17, 15) is 8.42 Å². The zero-order valence-electron chi connectivity index (χ0n) is 9.38. The highest BCUT2D eigenvalue weighted by Gasteiger charge is 2.19. The molecule has 2 aromatic heterocycles. The van der Waals surface area contributed by atoms with E-state index in [-0.39, 0.29) is 6.54 Å². The van der Waals surface area contributed by atoms with Crippen LogP contribution in [0.5, 0.6) is 0 Å². The Morgan fingerprint density at radius 3 is 2.89 bits per heavy atom. The van der Waals surface area contributed by atoms with Crippen LogP contribution in [-0.2, 0) is 16.4 Å². The minimum atomic E-state index is -3.48. The van der Waals surface area contributed by atoms with Crippen LogP contribution in [0.4, 0.5) is 0 Å². The number of rotatable bonds is 5. The Morgan fingerprint density at radius 1 is 1.56 bits per heavy atom. The van der Waals surface area contributed by atoms with Gasteiger partial charge in [-0.2, -0.15) is 4.98 Å². The highest BCUT2D eigenvalue weighted by Crippen LogP contribution is 2.29. The maximum atomic E-state index is 12.0. The topological polar surface area (TPSA) is 85.1 Å². The molecule has 0 radical (unpaired) electrons. The zero-order valence-corrected chi connectivity index (χ0v) is 12.6. The second-order valence-corrected chi connectivity index (χ2v) is 7.84. The van der Waals surface area contributed by atoms with E-state index < -0.39 is 10.0 Å². The Bertz CT molecular complexity index is 622. The first kappa shape index (κ1) is 13.7. The molecule has 0 amide bonds. The predicted octanol–water partition coefficient (Wildman–Crippen LogP) is 1.72. The van der Waals surface area contributed by atoms with Gasteiger partial charge in [0.2, 0.25) is 16.4 Å². The van der Waals surface area contributed by atoms with Crippen LogP contribution in [0.2, 0.25) is 0 Å². The quantitative estimate of drug-likeness (QED) is 0.886. The fourth-order valence-corrected chi connectivity index (χ4v) is 4.82. The molecule has 2 aromatic rings. The summed E-state index contributed by atoms with van der Waals surface area (Å²) in [6, 6.07) is 1.59. The van der Waals surface area contributed by atoms with Crippen molar-refractivity contribution in [1.82, 2.24) is 14.9 Å². The largest absolute Gasteiger partial charge is 0.343 e. The van der Waals surface area contributed by atoms with Crippen molar-refractivity contribution in [2.24, 2.45) is 0 Å². The monoisotopic (exact) mass is 351 g/mol. The van der Waals surface area contributed by atoms with Gasteiger partial charge in [0.15, 0.2) is 5.82 Å². The summed E-state index contributed by atoms with van der Waals surface area (Å²) in [6.45, 7) is 2.00. The first-order chi connectivity index (χ1) is 8.49. The molecule has 18 heavy (non-hydrogen) atoms. The van der Waals surface area contributed by atoms with Crippen LogP contribution < -0.4 is 4.72 Å². The normalized spacial score (nSPS) is 11.9. The van der Waals surface area contributed by atoms with Crippen molar-refractivity contribution >= 4 is 37.3 Å². The standard InChI is InChI=1S/C9H10BrN3O3S2/c1-6-7(4-8(10)17-6)18(14,15)12-3-2-9-11-5-16-13-9/h4-5,12H,2-3H2,1H3. The van der Waals surface area contributed by atoms with Gasteiger partial charge in [0.25, 0.3) is 0 Å². The highest BCUT2D eigenvalue weighted by atomic mass is 79.9. The van der Waals surface area contributed by atoms with Crippen molar-refractivity contribution in [2.75, 3.05) is 6.54 Å². The van der Waals surface area contributed by atoms with Crippen LogP contribution in [0.15, 0.2) is 25.7 Å². The van der Waals surface area contributed by atoms with Crippen molar-refractivity contribution < 1.29 is 12.9 Å². The van der Waals surface area contributed by atoms with E-state index in [1.54, 1.807) is 13.0 Å². The number of hydrogen-bond donors (Lipinski definition) is 1. The summed E-state index contributed by atoms with van der Waals surface area (Å²) in [6.07, 6.45) is 1.60. The Morgan fingerprint density at radius 2 is 2.33 bits per heavy atom. The highest BCUT2D eigenvalue weighted by molar-refractivity contribution is 9.11. The Hall–Kier alpha value is -0.770. The summed E-state index contributed by atoms with van der Waals surface area (Å²) in [7, 11) is -3.48. The summed E-state index contributed by atoms with van der Waals surface area (Å²) in [5.74, 6) is 0.473. The second kappa shape index (κ2) is 5.47. The van der Waals surface area contributed by atoms with Crippen molar-refractivity contribution in [3.63, 3.8) is 0 Å². The van der Waals surface area contributed by atoms with Gasteiger partial charge in [-0.1, -0.05) is 5.16 Å². The molecular weight excluding hydrogens is 342 g/mol. The molecule has 98 valence electrons. The van der Waals surface area contributed by atoms with E-state index in [0.717, 1.165) is 8.66 Å². The lowest BCUT2D eigenvalue weighted by molar-refractivity contribution is 0.410. The van der Waals surface area contributed by atoms with E-state index >= 15 is 0 Å². The molecule has 2 rings (SSSR count). The molecule has 0 aliphatic heterocycles. The number of hydrogen-bond acceptors (Lipinski definition) is 6. The number of sulfonamides is 1. The van der Waals surface area contributed by atoms with Crippen LogP contribution in [0, 0.1) is 6.92 Å². The fraction of sp³-hybridized carbons (Fsp3) is 0.333. The summed E-state index contributed by atoms with van der Waals surface area (Å²) >= 11 is 4.65. The molecule has 9 heteroatoms. The maximum absolute atomic E-state index is 12.0. The summed E-state index contributed by atoms with van der Waals surface area (Å²) < 4.78 is 31.9. The Balaban J connectivity index is 2.02. The molecule has 0 fully saturated rings. The predicted molar refractivity (Wildman–Crippen MR) is 69.9 cm³/mol. The number of thiophene rings is 1. The van der Waals surface area contributed by atoms with E-state index in [1.807, 2.05) is 0 Å². The number of aryl methyl sites for hydroxylation is 1. The van der Waals surface area contributed by atoms with Gasteiger partial charge in [0, 0.05) is 17.8 Å². The minimum absolute atomic E-state index is 0.231. The lowest BCUT2D eigenvalue weighted by Gasteiger charge is -2.04. The van der Waals surface area contributed by atoms with Crippen LogP contribution >= 0.6 is 27.3 Å². The molecule has 0 aliphatic rings. The minimum Gasteiger partial charge on any atom is -0.343 e. The van der Waals surface area contributed by atoms with Crippen LogP contribution in [0.1, 0.15) is 10.7 Å². The summed E-state index contributed by atoms with van der Waals surface area (Å²) in [5, 5.41) is 3.60. The second-order valence-electron chi connectivity index (χ2n) is 3.47. The SMILES string of the molecule is Cc1sc(Br)cc1S(=O)(=O)NCCc1ncon1. The summed E-state index contributed by atoms with van der Waals surface area (Å²) in [5.41, 5.74) is 0. The van der Waals surface area contributed by atoms with Gasteiger partial charge in [-0.3, -0.25) is 0 Å². The molecule has 0 atom stereocenters. The van der Waals surface area contributed by atoms with E-state index in [0.29, 0.717) is 17.1 Å². The van der Waals surface area contributed by atoms with E-state index in [4.69, 9.17) is 0 Å². The van der Waals surface area contributed by atoms with Gasteiger partial charge in [-0.25, -0.2) is 13.1 Å². The van der Waals surface area contributed by atoms with Gasteiger partial charge in [0.05, 0.1) is 8.68 Å². The number of halogens is 1. The molecule has 6 nitrogen and oxygen atoms in total. The molecule has 0 aromatic carbocycles. The van der Waals surface area contributed by atoms with Crippen molar-refractivity contribution in [2.45, 2.75) is 18.2 Å². The van der Waals surface area contributed by atoms with Crippen LogP contribution in [0.25, 0.3) is 0 Å².